The van der Waals surface area contributed by atoms with Gasteiger partial charge in [0.15, 0.2) is 0 Å². The quantitative estimate of drug-likeness (QED) is 0.161. The van der Waals surface area contributed by atoms with Gasteiger partial charge in [-0.2, -0.15) is 0 Å². The predicted octanol–water partition coefficient (Wildman–Crippen LogP) is 5.74. The number of esters is 1. The van der Waals surface area contributed by atoms with E-state index >= 15 is 0 Å². The number of aryl methyl sites for hydroxylation is 1. The fourth-order valence-corrected chi connectivity index (χ4v) is 4.81. The van der Waals surface area contributed by atoms with Crippen molar-refractivity contribution in [3.63, 3.8) is 0 Å². The normalized spacial score (nSPS) is 12.4. The van der Waals surface area contributed by atoms with Crippen molar-refractivity contribution < 1.29 is 17.9 Å². The lowest BCUT2D eigenvalue weighted by molar-refractivity contribution is -0.137. The van der Waals surface area contributed by atoms with E-state index in [0.717, 1.165) is 38.7 Å². The Bertz CT molecular complexity index is 1460. The van der Waals surface area contributed by atoms with E-state index in [9.17, 15) is 13.2 Å². The number of allylic oxidation sites excluding steroid dienone is 1. The first-order chi connectivity index (χ1) is 16.4. The molecule has 172 valence electrons. The molecular weight excluding hydrogens is 446 g/mol. The molecule has 0 aromatic heterocycles. The largest absolute Gasteiger partial charge is 0.463 e. The molecule has 0 heterocycles. The van der Waals surface area contributed by atoms with Crippen molar-refractivity contribution in [2.24, 2.45) is 0 Å². The third-order valence-electron chi connectivity index (χ3n) is 5.39. The maximum Gasteiger partial charge on any atom is 0.332 e. The number of hydrogen-bond acceptors (Lipinski definition) is 4. The van der Waals surface area contributed by atoms with Crippen LogP contribution in [0.3, 0.4) is 0 Å². The zero-order valence-corrected chi connectivity index (χ0v) is 19.8. The van der Waals surface area contributed by atoms with Crippen LogP contribution in [-0.4, -0.2) is 21.0 Å². The summed E-state index contributed by atoms with van der Waals surface area (Å²) in [5.74, 6) is -0.628. The summed E-state index contributed by atoms with van der Waals surface area (Å²) >= 11 is 0. The minimum absolute atomic E-state index is 0.107. The average Bonchev–Trinajstić information content (AvgIpc) is 2.82. The zero-order valence-electron chi connectivity index (χ0n) is 19.0. The Hall–Kier alpha value is -3.90. The summed E-state index contributed by atoms with van der Waals surface area (Å²) in [6.45, 7) is 3.76. The fraction of sp³-hybridized carbons (Fsp3) is 0.107. The highest BCUT2D eigenvalue weighted by Crippen LogP contribution is 2.29. The van der Waals surface area contributed by atoms with E-state index in [1.54, 1.807) is 25.1 Å². The molecule has 4 rings (SSSR count). The molecule has 0 aliphatic carbocycles. The van der Waals surface area contributed by atoms with Crippen LogP contribution >= 0.6 is 0 Å². The molecule has 0 atom stereocenters. The van der Waals surface area contributed by atoms with Crippen molar-refractivity contribution in [3.05, 3.63) is 108 Å². The lowest BCUT2D eigenvalue weighted by atomic mass is 9.96. The van der Waals surface area contributed by atoms with Crippen molar-refractivity contribution in [3.8, 4) is 0 Å². The minimum Gasteiger partial charge on any atom is -0.463 e. The summed E-state index contributed by atoms with van der Waals surface area (Å²) in [7, 11) is -3.90. The molecular formula is C28H25NO4S. The van der Waals surface area contributed by atoms with Gasteiger partial charge >= 0.3 is 5.97 Å². The molecule has 5 nitrogen and oxygen atoms in total. The van der Waals surface area contributed by atoms with E-state index in [1.807, 2.05) is 61.5 Å². The monoisotopic (exact) mass is 471 g/mol. The first kappa shape index (κ1) is 23.3. The van der Waals surface area contributed by atoms with Crippen LogP contribution in [0.4, 0.5) is 0 Å². The number of carbonyl (C=O) groups excluding carboxylic acids is 1. The van der Waals surface area contributed by atoms with E-state index in [-0.39, 0.29) is 17.2 Å². The van der Waals surface area contributed by atoms with E-state index in [0.29, 0.717) is 0 Å². The van der Waals surface area contributed by atoms with Gasteiger partial charge in [0, 0.05) is 6.08 Å². The molecule has 0 radical (unpaired) electrons. The van der Waals surface area contributed by atoms with Crippen molar-refractivity contribution in [1.82, 2.24) is 4.72 Å². The summed E-state index contributed by atoms with van der Waals surface area (Å²) in [6, 6.07) is 24.6. The Morgan fingerprint density at radius 1 is 0.912 bits per heavy atom. The molecule has 0 saturated heterocycles. The van der Waals surface area contributed by atoms with E-state index in [2.05, 4.69) is 10.8 Å². The molecule has 4 aromatic carbocycles. The van der Waals surface area contributed by atoms with Gasteiger partial charge in [-0.25, -0.2) is 13.2 Å². The van der Waals surface area contributed by atoms with Crippen LogP contribution in [0.15, 0.2) is 102 Å². The number of ether oxygens (including phenoxy) is 1. The molecule has 0 unspecified atom stereocenters. The van der Waals surface area contributed by atoms with Crippen LogP contribution in [0.25, 0.3) is 27.6 Å². The van der Waals surface area contributed by atoms with Gasteiger partial charge < -0.3 is 4.74 Å². The number of sulfonamides is 1. The predicted molar refractivity (Wildman–Crippen MR) is 137 cm³/mol. The van der Waals surface area contributed by atoms with Crippen LogP contribution in [0.1, 0.15) is 18.1 Å². The Kier molecular flexibility index (Phi) is 6.80. The maximum atomic E-state index is 13.0. The second-order valence-electron chi connectivity index (χ2n) is 7.84. The molecule has 0 amide bonds. The Labute approximate surface area is 199 Å². The highest BCUT2D eigenvalue weighted by molar-refractivity contribution is 7.89. The van der Waals surface area contributed by atoms with Gasteiger partial charge in [-0.15, -0.1) is 0 Å². The Morgan fingerprint density at radius 2 is 1.50 bits per heavy atom. The zero-order chi connectivity index (χ0) is 24.1. The molecule has 6 heteroatoms. The summed E-state index contributed by atoms with van der Waals surface area (Å²) in [6.07, 6.45) is 4.57. The van der Waals surface area contributed by atoms with Crippen LogP contribution in [0.5, 0.6) is 0 Å². The molecule has 4 aromatic rings. The molecule has 0 aliphatic heterocycles. The van der Waals surface area contributed by atoms with Crippen molar-refractivity contribution in [2.75, 3.05) is 6.61 Å². The van der Waals surface area contributed by atoms with Gasteiger partial charge in [0.1, 0.15) is 0 Å². The lowest BCUT2D eigenvalue weighted by Gasteiger charge is -2.11. The van der Waals surface area contributed by atoms with E-state index < -0.39 is 16.0 Å². The van der Waals surface area contributed by atoms with Crippen LogP contribution in [0.2, 0.25) is 0 Å². The van der Waals surface area contributed by atoms with Crippen molar-refractivity contribution in [2.45, 2.75) is 18.7 Å². The second kappa shape index (κ2) is 9.93. The average molecular weight is 472 g/mol. The van der Waals surface area contributed by atoms with Gasteiger partial charge in [-0.05, 0) is 65.2 Å². The highest BCUT2D eigenvalue weighted by Gasteiger charge is 2.15. The number of carbonyl (C=O) groups is 1. The third kappa shape index (κ3) is 5.18. The van der Waals surface area contributed by atoms with Crippen molar-refractivity contribution >= 4 is 43.6 Å². The van der Waals surface area contributed by atoms with Gasteiger partial charge in [-0.3, -0.25) is 4.72 Å². The molecule has 0 aliphatic rings. The topological polar surface area (TPSA) is 72.5 Å². The van der Waals surface area contributed by atoms with Crippen LogP contribution in [-0.2, 0) is 19.6 Å². The standard InChI is InChI=1S/C28H25NO4S/c1-3-33-28(30)19-23(29-34(31,32)24-15-12-20(2)13-16-24)14-17-27-25-10-6-4-8-21(25)18-22-9-5-7-11-26(22)27/h4-19,29H,3H2,1-2H3/b17-14+,23-19-. The molecule has 0 fully saturated rings. The van der Waals surface area contributed by atoms with Gasteiger partial charge in [-0.1, -0.05) is 72.3 Å². The van der Waals surface area contributed by atoms with E-state index in [1.165, 1.54) is 12.1 Å². The van der Waals surface area contributed by atoms with Crippen molar-refractivity contribution in [1.29, 1.82) is 0 Å². The lowest BCUT2D eigenvalue weighted by Crippen LogP contribution is -2.23. The maximum absolute atomic E-state index is 13.0. The Morgan fingerprint density at radius 3 is 2.09 bits per heavy atom. The van der Waals surface area contributed by atoms with Gasteiger partial charge in [0.2, 0.25) is 0 Å². The Balaban J connectivity index is 1.79. The van der Waals surface area contributed by atoms with Gasteiger partial charge in [0.25, 0.3) is 10.0 Å². The first-order valence-corrected chi connectivity index (χ1v) is 12.4. The summed E-state index contributed by atoms with van der Waals surface area (Å²) in [5, 5.41) is 4.18. The first-order valence-electron chi connectivity index (χ1n) is 10.9. The summed E-state index contributed by atoms with van der Waals surface area (Å²) in [5.41, 5.74) is 1.98. The molecule has 0 bridgehead atoms. The summed E-state index contributed by atoms with van der Waals surface area (Å²) in [4.78, 5) is 12.3. The molecule has 0 saturated carbocycles. The number of hydrogen-bond donors (Lipinski definition) is 1. The molecule has 1 N–H and O–H groups in total. The second-order valence-corrected chi connectivity index (χ2v) is 9.52. The fourth-order valence-electron chi connectivity index (χ4n) is 3.76. The number of benzene rings is 4. The van der Waals surface area contributed by atoms with E-state index in [4.69, 9.17) is 4.74 Å². The van der Waals surface area contributed by atoms with Crippen LogP contribution < -0.4 is 4.72 Å². The number of rotatable bonds is 7. The SMILES string of the molecule is CCOC(=O)/C=C(/C=C/c1c2ccccc2cc2ccccc12)NS(=O)(=O)c1ccc(C)cc1. The number of nitrogens with one attached hydrogen (secondary N) is 1. The van der Waals surface area contributed by atoms with Gasteiger partial charge in [0.05, 0.1) is 17.2 Å². The highest BCUT2D eigenvalue weighted by atomic mass is 32.2. The molecule has 0 spiro atoms. The molecule has 34 heavy (non-hydrogen) atoms. The minimum atomic E-state index is -3.90. The third-order valence-corrected chi connectivity index (χ3v) is 6.78. The number of fused-ring (bicyclic) bond motifs is 2. The smallest absolute Gasteiger partial charge is 0.332 e. The van der Waals surface area contributed by atoms with Crippen LogP contribution in [0, 0.1) is 6.92 Å². The summed E-state index contributed by atoms with van der Waals surface area (Å²) < 4.78 is 33.5.